The van der Waals surface area contributed by atoms with E-state index in [9.17, 15) is 14.7 Å². The lowest BCUT2D eigenvalue weighted by atomic mass is 10.1. The first-order valence-electron chi connectivity index (χ1n) is 11.4. The van der Waals surface area contributed by atoms with Crippen LogP contribution in [0, 0.1) is 0 Å². The number of aliphatic carboxylic acids is 1. The average molecular weight is 456 g/mol. The Balaban J connectivity index is 1.55. The number of carbonyl (C=O) groups excluding carboxylic acids is 1. The van der Waals surface area contributed by atoms with Crippen LogP contribution in [0.25, 0.3) is 12.2 Å². The minimum atomic E-state index is -1.01. The van der Waals surface area contributed by atoms with Crippen LogP contribution in [-0.2, 0) is 29.1 Å². The molecule has 0 aliphatic carbocycles. The van der Waals surface area contributed by atoms with Gasteiger partial charge in [-0.25, -0.2) is 0 Å². The maximum absolute atomic E-state index is 13.2. The Bertz CT molecular complexity index is 1170. The zero-order valence-corrected chi connectivity index (χ0v) is 19.0. The van der Waals surface area contributed by atoms with Gasteiger partial charge in [-0.1, -0.05) is 78.9 Å². The number of nitrogens with one attached hydrogen (secondary N) is 1. The summed E-state index contributed by atoms with van der Waals surface area (Å²) in [7, 11) is 0. The van der Waals surface area contributed by atoms with Crippen LogP contribution in [0.4, 0.5) is 5.69 Å². The molecule has 0 aromatic heterocycles. The number of rotatable bonds is 8. The molecule has 34 heavy (non-hydrogen) atoms. The molecular formula is C28H29N3O3. The van der Waals surface area contributed by atoms with E-state index < -0.39 is 12.0 Å². The second kappa shape index (κ2) is 10.8. The molecule has 4 N–H and O–H groups in total. The minimum Gasteiger partial charge on any atom is -0.481 e. The topological polar surface area (TPSA) is 95.7 Å². The molecule has 0 saturated heterocycles. The number of nitrogens with two attached hydrogens (primary N) is 1. The number of anilines is 1. The SMILES string of the molecule is NCc1ccc(/C=C\c2ccc3c(c2)N[C@H](CC(=O)O)C(=O)N(CCc2ccccc2)C3)cc1. The summed E-state index contributed by atoms with van der Waals surface area (Å²) in [6.45, 7) is 1.48. The first-order chi connectivity index (χ1) is 16.5. The highest BCUT2D eigenvalue weighted by atomic mass is 16.4. The molecule has 1 atom stereocenters. The third kappa shape index (κ3) is 5.91. The van der Waals surface area contributed by atoms with Crippen LogP contribution in [0.1, 0.15) is 34.2 Å². The van der Waals surface area contributed by atoms with Crippen molar-refractivity contribution in [2.75, 3.05) is 11.9 Å². The van der Waals surface area contributed by atoms with E-state index in [-0.39, 0.29) is 12.3 Å². The molecule has 0 bridgehead atoms. The van der Waals surface area contributed by atoms with Gasteiger partial charge in [0.15, 0.2) is 0 Å². The molecule has 6 nitrogen and oxygen atoms in total. The second-order valence-corrected chi connectivity index (χ2v) is 8.49. The van der Waals surface area contributed by atoms with Crippen LogP contribution in [0.5, 0.6) is 0 Å². The number of amides is 1. The smallest absolute Gasteiger partial charge is 0.305 e. The van der Waals surface area contributed by atoms with Gasteiger partial charge < -0.3 is 21.1 Å². The summed E-state index contributed by atoms with van der Waals surface area (Å²) < 4.78 is 0. The first-order valence-corrected chi connectivity index (χ1v) is 11.4. The highest BCUT2D eigenvalue weighted by Gasteiger charge is 2.30. The summed E-state index contributed by atoms with van der Waals surface area (Å²) in [5.41, 5.74) is 11.7. The van der Waals surface area contributed by atoms with E-state index in [1.54, 1.807) is 4.90 Å². The Morgan fingerprint density at radius 3 is 2.41 bits per heavy atom. The molecule has 1 aliphatic heterocycles. The van der Waals surface area contributed by atoms with Gasteiger partial charge in [-0.3, -0.25) is 9.59 Å². The first kappa shape index (κ1) is 23.3. The monoisotopic (exact) mass is 455 g/mol. The molecule has 1 aliphatic rings. The molecule has 0 spiro atoms. The highest BCUT2D eigenvalue weighted by molar-refractivity contribution is 5.90. The lowest BCUT2D eigenvalue weighted by Crippen LogP contribution is -2.42. The van der Waals surface area contributed by atoms with Gasteiger partial charge in [0.2, 0.25) is 5.91 Å². The number of hydrogen-bond donors (Lipinski definition) is 3. The number of carboxylic acids is 1. The van der Waals surface area contributed by atoms with Crippen LogP contribution < -0.4 is 11.1 Å². The maximum Gasteiger partial charge on any atom is 0.305 e. The zero-order valence-electron chi connectivity index (χ0n) is 19.0. The van der Waals surface area contributed by atoms with Crippen molar-refractivity contribution >= 4 is 29.7 Å². The average Bonchev–Trinajstić information content (AvgIpc) is 2.98. The van der Waals surface area contributed by atoms with Crippen LogP contribution in [-0.4, -0.2) is 34.5 Å². The Hall–Kier alpha value is -3.90. The van der Waals surface area contributed by atoms with Crippen molar-refractivity contribution in [3.63, 3.8) is 0 Å². The lowest BCUT2D eigenvalue weighted by Gasteiger charge is -2.24. The normalized spacial score (nSPS) is 15.6. The molecule has 3 aromatic rings. The number of carbonyl (C=O) groups is 2. The van der Waals surface area contributed by atoms with E-state index in [0.29, 0.717) is 26.1 Å². The number of carboxylic acid groups (broad SMARTS) is 1. The summed E-state index contributed by atoms with van der Waals surface area (Å²) in [4.78, 5) is 26.4. The summed E-state index contributed by atoms with van der Waals surface area (Å²) in [6, 6.07) is 23.2. The zero-order chi connectivity index (χ0) is 23.9. The molecule has 0 unspecified atom stereocenters. The molecule has 0 radical (unpaired) electrons. The van der Waals surface area contributed by atoms with Crippen molar-refractivity contribution in [2.45, 2.75) is 32.0 Å². The third-order valence-corrected chi connectivity index (χ3v) is 6.01. The number of hydrogen-bond acceptors (Lipinski definition) is 4. The van der Waals surface area contributed by atoms with E-state index in [4.69, 9.17) is 5.73 Å². The molecule has 6 heteroatoms. The van der Waals surface area contributed by atoms with Crippen molar-refractivity contribution < 1.29 is 14.7 Å². The van der Waals surface area contributed by atoms with Gasteiger partial charge in [0, 0.05) is 25.3 Å². The Morgan fingerprint density at radius 1 is 1.00 bits per heavy atom. The Labute approximate surface area is 199 Å². The molecule has 3 aromatic carbocycles. The van der Waals surface area contributed by atoms with E-state index >= 15 is 0 Å². The van der Waals surface area contributed by atoms with Crippen LogP contribution >= 0.6 is 0 Å². The van der Waals surface area contributed by atoms with Crippen molar-refractivity contribution in [3.05, 3.63) is 101 Å². The van der Waals surface area contributed by atoms with E-state index in [0.717, 1.165) is 33.5 Å². The van der Waals surface area contributed by atoms with Crippen molar-refractivity contribution in [1.82, 2.24) is 4.90 Å². The molecule has 0 fully saturated rings. The van der Waals surface area contributed by atoms with Crippen LogP contribution in [0.15, 0.2) is 72.8 Å². The maximum atomic E-state index is 13.2. The predicted octanol–water partition coefficient (Wildman–Crippen LogP) is 4.16. The predicted molar refractivity (Wildman–Crippen MR) is 135 cm³/mol. The number of fused-ring (bicyclic) bond motifs is 1. The summed E-state index contributed by atoms with van der Waals surface area (Å²) in [6.07, 6.45) is 4.47. The number of benzene rings is 3. The standard InChI is InChI=1S/C28H29N3O3/c29-18-23-10-7-21(8-11-23)6-9-22-12-13-24-19-31(15-14-20-4-2-1-3-5-20)28(34)26(17-27(32)33)30-25(24)16-22/h1-13,16,26,30H,14-15,17-19,29H2,(H,32,33)/b9-6-/t26-/m1/s1. The lowest BCUT2D eigenvalue weighted by molar-refractivity contribution is -0.141. The number of nitrogens with zero attached hydrogens (tertiary/aromatic N) is 1. The molecule has 1 amide bonds. The second-order valence-electron chi connectivity index (χ2n) is 8.49. The van der Waals surface area contributed by atoms with Gasteiger partial charge in [-0.05, 0) is 40.3 Å². The minimum absolute atomic E-state index is 0.188. The van der Waals surface area contributed by atoms with Gasteiger partial charge in [0.05, 0.1) is 6.42 Å². The summed E-state index contributed by atoms with van der Waals surface area (Å²) in [5.74, 6) is -1.19. The Kier molecular flexibility index (Phi) is 7.40. The third-order valence-electron chi connectivity index (χ3n) is 6.01. The molecule has 4 rings (SSSR count). The van der Waals surface area contributed by atoms with Gasteiger partial charge >= 0.3 is 5.97 Å². The van der Waals surface area contributed by atoms with Crippen molar-refractivity contribution in [3.8, 4) is 0 Å². The molecular weight excluding hydrogens is 426 g/mol. The van der Waals surface area contributed by atoms with Gasteiger partial charge in [0.1, 0.15) is 6.04 Å². The highest BCUT2D eigenvalue weighted by Crippen LogP contribution is 2.27. The fraction of sp³-hybridized carbons (Fsp3) is 0.214. The van der Waals surface area contributed by atoms with E-state index in [1.165, 1.54) is 0 Å². The Morgan fingerprint density at radius 2 is 1.71 bits per heavy atom. The molecule has 0 saturated carbocycles. The fourth-order valence-electron chi connectivity index (χ4n) is 4.09. The van der Waals surface area contributed by atoms with Crippen molar-refractivity contribution in [2.24, 2.45) is 5.73 Å². The summed E-state index contributed by atoms with van der Waals surface area (Å²) in [5, 5.41) is 12.6. The largest absolute Gasteiger partial charge is 0.481 e. The molecule has 1 heterocycles. The van der Waals surface area contributed by atoms with Crippen LogP contribution in [0.3, 0.4) is 0 Å². The fourth-order valence-corrected chi connectivity index (χ4v) is 4.09. The molecule has 174 valence electrons. The quantitative estimate of drug-likeness (QED) is 0.444. The van der Waals surface area contributed by atoms with Gasteiger partial charge in [0.25, 0.3) is 0 Å². The summed E-state index contributed by atoms with van der Waals surface area (Å²) >= 11 is 0. The van der Waals surface area contributed by atoms with Crippen molar-refractivity contribution in [1.29, 1.82) is 0 Å². The van der Waals surface area contributed by atoms with E-state index in [2.05, 4.69) is 5.32 Å². The van der Waals surface area contributed by atoms with Gasteiger partial charge in [-0.15, -0.1) is 0 Å². The van der Waals surface area contributed by atoms with E-state index in [1.807, 2.05) is 84.9 Å². The van der Waals surface area contributed by atoms with Gasteiger partial charge in [-0.2, -0.15) is 0 Å². The van der Waals surface area contributed by atoms with Crippen LogP contribution in [0.2, 0.25) is 0 Å².